The van der Waals surface area contributed by atoms with Crippen molar-refractivity contribution in [3.05, 3.63) is 6.33 Å². The van der Waals surface area contributed by atoms with Crippen LogP contribution in [0, 0.1) is 5.92 Å². The first-order valence-corrected chi connectivity index (χ1v) is 5.70. The van der Waals surface area contributed by atoms with Crippen LogP contribution in [0.2, 0.25) is 0 Å². The van der Waals surface area contributed by atoms with E-state index in [-0.39, 0.29) is 11.9 Å². The van der Waals surface area contributed by atoms with Crippen molar-refractivity contribution < 1.29 is 14.7 Å². The third-order valence-electron chi connectivity index (χ3n) is 3.06. The fraction of sp³-hybridized carbons (Fsp3) is 0.600. The molecule has 0 bridgehead atoms. The maximum Gasteiger partial charge on any atom is 0.324 e. The number of nitrogens with zero attached hydrogens (tertiary/aromatic N) is 4. The van der Waals surface area contributed by atoms with E-state index < -0.39 is 5.97 Å². The van der Waals surface area contributed by atoms with E-state index in [1.54, 1.807) is 11.9 Å². The molecule has 0 aliphatic carbocycles. The van der Waals surface area contributed by atoms with E-state index in [1.165, 1.54) is 11.0 Å². The van der Waals surface area contributed by atoms with Crippen molar-refractivity contribution in [3.63, 3.8) is 0 Å². The zero-order valence-electron chi connectivity index (χ0n) is 10.0. The van der Waals surface area contributed by atoms with Crippen LogP contribution in [0.4, 0.5) is 10.7 Å². The summed E-state index contributed by atoms with van der Waals surface area (Å²) in [5.41, 5.74) is 0. The highest BCUT2D eigenvalue weighted by Crippen LogP contribution is 2.17. The van der Waals surface area contributed by atoms with Gasteiger partial charge in [-0.25, -0.2) is 9.48 Å². The number of hydrogen-bond donors (Lipinski definition) is 2. The van der Waals surface area contributed by atoms with Crippen molar-refractivity contribution in [3.8, 4) is 0 Å². The van der Waals surface area contributed by atoms with Gasteiger partial charge in [-0.1, -0.05) is 0 Å². The number of likely N-dealkylation sites (tertiary alicyclic amines) is 1. The van der Waals surface area contributed by atoms with Crippen molar-refractivity contribution in [2.75, 3.05) is 18.4 Å². The Labute approximate surface area is 104 Å². The number of carboxylic acid groups (broad SMARTS) is 1. The first-order chi connectivity index (χ1) is 8.58. The fourth-order valence-corrected chi connectivity index (χ4v) is 1.91. The van der Waals surface area contributed by atoms with E-state index in [0.29, 0.717) is 31.9 Å². The maximum atomic E-state index is 11.9. The molecule has 1 aliphatic rings. The first-order valence-electron chi connectivity index (χ1n) is 5.70. The molecule has 2 N–H and O–H groups in total. The molecule has 8 nitrogen and oxygen atoms in total. The number of aliphatic carboxylic acids is 1. The van der Waals surface area contributed by atoms with Crippen LogP contribution in [0.25, 0.3) is 0 Å². The lowest BCUT2D eigenvalue weighted by Crippen LogP contribution is -2.42. The molecule has 1 aromatic heterocycles. The van der Waals surface area contributed by atoms with Gasteiger partial charge in [0.1, 0.15) is 6.33 Å². The Morgan fingerprint density at radius 1 is 1.44 bits per heavy atom. The average Bonchev–Trinajstić information content (AvgIpc) is 2.75. The van der Waals surface area contributed by atoms with E-state index >= 15 is 0 Å². The second-order valence-corrected chi connectivity index (χ2v) is 4.24. The topological polar surface area (TPSA) is 100 Å². The molecule has 0 spiro atoms. The second kappa shape index (κ2) is 5.03. The molecule has 98 valence electrons. The minimum Gasteiger partial charge on any atom is -0.481 e. The number of carboxylic acids is 1. The Bertz CT molecular complexity index is 450. The molecular formula is C10H15N5O3. The number of carbonyl (C=O) groups excluding carboxylic acids is 1. The van der Waals surface area contributed by atoms with Crippen LogP contribution in [0.1, 0.15) is 12.8 Å². The minimum absolute atomic E-state index is 0.269. The average molecular weight is 253 g/mol. The fourth-order valence-electron chi connectivity index (χ4n) is 1.91. The highest BCUT2D eigenvalue weighted by atomic mass is 16.4. The minimum atomic E-state index is -0.789. The predicted molar refractivity (Wildman–Crippen MR) is 62.0 cm³/mol. The summed E-state index contributed by atoms with van der Waals surface area (Å²) in [6, 6.07) is -0.269. The molecule has 0 atom stereocenters. The van der Waals surface area contributed by atoms with Crippen LogP contribution in [-0.2, 0) is 11.8 Å². The first kappa shape index (κ1) is 12.3. The summed E-state index contributed by atoms with van der Waals surface area (Å²) in [6.45, 7) is 0.890. The molecule has 2 rings (SSSR count). The normalized spacial score (nSPS) is 16.6. The summed E-state index contributed by atoms with van der Waals surface area (Å²) < 4.78 is 1.46. The summed E-state index contributed by atoms with van der Waals surface area (Å²) in [4.78, 5) is 28.2. The van der Waals surface area contributed by atoms with Crippen LogP contribution < -0.4 is 5.32 Å². The number of anilines is 1. The van der Waals surface area contributed by atoms with E-state index in [9.17, 15) is 9.59 Å². The quantitative estimate of drug-likeness (QED) is 0.781. The third-order valence-corrected chi connectivity index (χ3v) is 3.06. The molecule has 8 heteroatoms. The molecule has 0 saturated carbocycles. The van der Waals surface area contributed by atoms with Crippen LogP contribution >= 0.6 is 0 Å². The van der Waals surface area contributed by atoms with Gasteiger partial charge in [0.15, 0.2) is 0 Å². The number of aryl methyl sites for hydroxylation is 1. The van der Waals surface area contributed by atoms with Gasteiger partial charge in [0.25, 0.3) is 0 Å². The van der Waals surface area contributed by atoms with Crippen LogP contribution in [0.3, 0.4) is 0 Å². The smallest absolute Gasteiger partial charge is 0.324 e. The number of piperidine rings is 1. The van der Waals surface area contributed by atoms with Gasteiger partial charge in [-0.3, -0.25) is 10.1 Å². The van der Waals surface area contributed by atoms with Gasteiger partial charge in [0, 0.05) is 20.1 Å². The molecular weight excluding hydrogens is 238 g/mol. The lowest BCUT2D eigenvalue weighted by Gasteiger charge is -2.29. The number of urea groups is 1. The summed E-state index contributed by atoms with van der Waals surface area (Å²) in [5, 5.41) is 15.3. The number of hydrogen-bond acceptors (Lipinski definition) is 4. The number of carbonyl (C=O) groups is 2. The van der Waals surface area contributed by atoms with Gasteiger partial charge in [-0.15, -0.1) is 0 Å². The molecule has 1 aromatic rings. The molecule has 1 aliphatic heterocycles. The van der Waals surface area contributed by atoms with Gasteiger partial charge < -0.3 is 10.0 Å². The van der Waals surface area contributed by atoms with Crippen molar-refractivity contribution in [2.45, 2.75) is 12.8 Å². The molecule has 1 saturated heterocycles. The molecule has 1 fully saturated rings. The Hall–Kier alpha value is -2.12. The molecule has 2 amide bonds. The maximum absolute atomic E-state index is 11.9. The van der Waals surface area contributed by atoms with Gasteiger partial charge in [-0.2, -0.15) is 10.1 Å². The third kappa shape index (κ3) is 2.58. The SMILES string of the molecule is Cn1ncnc1NC(=O)N1CCC(C(=O)O)CC1. The lowest BCUT2D eigenvalue weighted by molar-refractivity contribution is -0.143. The van der Waals surface area contributed by atoms with Gasteiger partial charge >= 0.3 is 12.0 Å². The summed E-state index contributed by atoms with van der Waals surface area (Å²) in [6.07, 6.45) is 2.33. The lowest BCUT2D eigenvalue weighted by atomic mass is 9.97. The number of nitrogens with one attached hydrogen (secondary N) is 1. The Kier molecular flexibility index (Phi) is 3.45. The predicted octanol–water partition coefficient (Wildman–Crippen LogP) is 0.144. The van der Waals surface area contributed by atoms with E-state index in [2.05, 4.69) is 15.4 Å². The number of aromatic nitrogens is 3. The molecule has 0 aromatic carbocycles. The molecule has 0 unspecified atom stereocenters. The van der Waals surface area contributed by atoms with Crippen molar-refractivity contribution in [1.29, 1.82) is 0 Å². The second-order valence-electron chi connectivity index (χ2n) is 4.24. The van der Waals surface area contributed by atoms with Crippen LogP contribution in [0.5, 0.6) is 0 Å². The summed E-state index contributed by atoms with van der Waals surface area (Å²) in [7, 11) is 1.68. The van der Waals surface area contributed by atoms with Gasteiger partial charge in [0.05, 0.1) is 5.92 Å². The zero-order chi connectivity index (χ0) is 13.1. The van der Waals surface area contributed by atoms with E-state index in [4.69, 9.17) is 5.11 Å². The molecule has 18 heavy (non-hydrogen) atoms. The van der Waals surface area contributed by atoms with E-state index in [1.807, 2.05) is 0 Å². The highest BCUT2D eigenvalue weighted by Gasteiger charge is 2.27. The number of amides is 2. The Morgan fingerprint density at radius 3 is 2.61 bits per heavy atom. The van der Waals surface area contributed by atoms with E-state index in [0.717, 1.165) is 0 Å². The summed E-state index contributed by atoms with van der Waals surface area (Å²) in [5.74, 6) is -0.757. The monoisotopic (exact) mass is 253 g/mol. The van der Waals surface area contributed by atoms with Crippen molar-refractivity contribution in [2.24, 2.45) is 13.0 Å². The standard InChI is InChI=1S/C10H15N5O3/c1-14-9(11-6-12-14)13-10(18)15-4-2-7(3-5-15)8(16)17/h6-7H,2-5H2,1H3,(H,16,17)(H,11,12,13,18). The Balaban J connectivity index is 1.88. The largest absolute Gasteiger partial charge is 0.481 e. The Morgan fingerprint density at radius 2 is 2.11 bits per heavy atom. The van der Waals surface area contributed by atoms with Crippen molar-refractivity contribution >= 4 is 17.9 Å². The molecule has 2 heterocycles. The zero-order valence-corrected chi connectivity index (χ0v) is 10.0. The van der Waals surface area contributed by atoms with Gasteiger partial charge in [-0.05, 0) is 12.8 Å². The van der Waals surface area contributed by atoms with Crippen LogP contribution in [-0.4, -0.2) is 49.9 Å². The number of rotatable bonds is 2. The summed E-state index contributed by atoms with van der Waals surface area (Å²) >= 11 is 0. The van der Waals surface area contributed by atoms with Gasteiger partial charge in [0.2, 0.25) is 5.95 Å². The van der Waals surface area contributed by atoms with Crippen LogP contribution in [0.15, 0.2) is 6.33 Å². The molecule has 0 radical (unpaired) electrons. The van der Waals surface area contributed by atoms with Crippen molar-refractivity contribution in [1.82, 2.24) is 19.7 Å². The highest BCUT2D eigenvalue weighted by molar-refractivity contribution is 5.87.